The Labute approximate surface area is 101 Å². The molecule has 1 heterocycles. The maximum atomic E-state index is 5.59. The van der Waals surface area contributed by atoms with E-state index >= 15 is 0 Å². The Bertz CT molecular complexity index is 360. The normalized spacial score (nSPS) is 10.6. The second kappa shape index (κ2) is 5.04. The molecule has 7 heteroatoms. The number of hydrogen-bond acceptors (Lipinski definition) is 4. The molecule has 76 valence electrons. The standard InChI is InChI=1S/C7H6Cl3N3S/c1-2-3-4-11-6-12-5(13-14-6)7(8,9)10/h4H2,1H3,(H,11,12,13). The highest BCUT2D eigenvalue weighted by atomic mass is 35.6. The number of nitrogens with zero attached hydrogens (tertiary/aromatic N) is 2. The van der Waals surface area contributed by atoms with Gasteiger partial charge in [0.05, 0.1) is 6.54 Å². The van der Waals surface area contributed by atoms with Crippen LogP contribution in [-0.4, -0.2) is 15.9 Å². The van der Waals surface area contributed by atoms with E-state index in [9.17, 15) is 0 Å². The minimum absolute atomic E-state index is 0.180. The van der Waals surface area contributed by atoms with Gasteiger partial charge >= 0.3 is 0 Å². The first-order chi connectivity index (χ1) is 6.54. The average Bonchev–Trinajstić information content (AvgIpc) is 2.52. The molecule has 0 aromatic carbocycles. The van der Waals surface area contributed by atoms with E-state index in [0.717, 1.165) is 11.5 Å². The predicted molar refractivity (Wildman–Crippen MR) is 61.1 cm³/mol. The number of rotatable bonds is 2. The highest BCUT2D eigenvalue weighted by Gasteiger charge is 2.28. The van der Waals surface area contributed by atoms with Gasteiger partial charge in [-0.05, 0) is 6.92 Å². The number of hydrogen-bond donors (Lipinski definition) is 1. The fraction of sp³-hybridized carbons (Fsp3) is 0.429. The summed E-state index contributed by atoms with van der Waals surface area (Å²) in [6, 6.07) is 0. The summed E-state index contributed by atoms with van der Waals surface area (Å²) < 4.78 is 2.33. The van der Waals surface area contributed by atoms with Crippen LogP contribution in [0.4, 0.5) is 5.13 Å². The van der Waals surface area contributed by atoms with Crippen molar-refractivity contribution in [2.45, 2.75) is 10.7 Å². The Morgan fingerprint density at radius 1 is 1.50 bits per heavy atom. The molecule has 1 rings (SSSR count). The third-order valence-electron chi connectivity index (χ3n) is 1.18. The molecule has 0 aliphatic carbocycles. The predicted octanol–water partition coefficient (Wildman–Crippen LogP) is 2.80. The van der Waals surface area contributed by atoms with Gasteiger partial charge in [-0.1, -0.05) is 40.7 Å². The summed E-state index contributed by atoms with van der Waals surface area (Å²) in [7, 11) is 0. The molecule has 0 unspecified atom stereocenters. The fourth-order valence-corrected chi connectivity index (χ4v) is 1.64. The minimum atomic E-state index is -1.56. The highest BCUT2D eigenvalue weighted by molar-refractivity contribution is 7.09. The van der Waals surface area contributed by atoms with Crippen LogP contribution in [0.25, 0.3) is 0 Å². The monoisotopic (exact) mass is 269 g/mol. The highest BCUT2D eigenvalue weighted by Crippen LogP contribution is 2.37. The molecule has 0 spiro atoms. The summed E-state index contributed by atoms with van der Waals surface area (Å²) in [6.07, 6.45) is 0. The van der Waals surface area contributed by atoms with E-state index in [1.54, 1.807) is 6.92 Å². The molecule has 0 amide bonds. The lowest BCUT2D eigenvalue weighted by atomic mass is 10.6. The van der Waals surface area contributed by atoms with Crippen LogP contribution in [0.3, 0.4) is 0 Å². The molecule has 14 heavy (non-hydrogen) atoms. The first kappa shape index (κ1) is 11.9. The molecule has 0 bridgehead atoms. The van der Waals surface area contributed by atoms with Gasteiger partial charge in [0, 0.05) is 11.5 Å². The summed E-state index contributed by atoms with van der Waals surface area (Å²) in [4.78, 5) is 3.99. The van der Waals surface area contributed by atoms with Crippen LogP contribution >= 0.6 is 46.3 Å². The number of anilines is 1. The van der Waals surface area contributed by atoms with Crippen molar-refractivity contribution in [2.24, 2.45) is 0 Å². The molecule has 0 radical (unpaired) electrons. The molecule has 1 aromatic heterocycles. The summed E-state index contributed by atoms with van der Waals surface area (Å²) in [5.41, 5.74) is 0. The quantitative estimate of drug-likeness (QED) is 0.663. The van der Waals surface area contributed by atoms with Crippen LogP contribution in [0.2, 0.25) is 0 Å². The molecular weight excluding hydrogens is 265 g/mol. The van der Waals surface area contributed by atoms with Gasteiger partial charge < -0.3 is 5.32 Å². The Kier molecular flexibility index (Phi) is 4.27. The summed E-state index contributed by atoms with van der Waals surface area (Å²) in [5.74, 6) is 5.74. The maximum Gasteiger partial charge on any atom is 0.251 e. The van der Waals surface area contributed by atoms with Crippen LogP contribution in [0, 0.1) is 11.8 Å². The molecule has 1 N–H and O–H groups in total. The van der Waals surface area contributed by atoms with E-state index in [1.165, 1.54) is 0 Å². The van der Waals surface area contributed by atoms with Crippen LogP contribution in [0.5, 0.6) is 0 Å². The number of halogens is 3. The van der Waals surface area contributed by atoms with Gasteiger partial charge in [0.1, 0.15) is 0 Å². The van der Waals surface area contributed by atoms with Crippen molar-refractivity contribution in [3.63, 3.8) is 0 Å². The van der Waals surface area contributed by atoms with Crippen molar-refractivity contribution in [3.05, 3.63) is 5.82 Å². The smallest absolute Gasteiger partial charge is 0.251 e. The lowest BCUT2D eigenvalue weighted by Gasteiger charge is -2.03. The summed E-state index contributed by atoms with van der Waals surface area (Å²) in [5, 5.41) is 3.53. The molecule has 0 atom stereocenters. The molecular formula is C7H6Cl3N3S. The third kappa shape index (κ3) is 3.50. The van der Waals surface area contributed by atoms with Gasteiger partial charge in [0.15, 0.2) is 5.82 Å². The van der Waals surface area contributed by atoms with Crippen LogP contribution < -0.4 is 5.32 Å². The van der Waals surface area contributed by atoms with Gasteiger partial charge in [-0.15, -0.1) is 5.92 Å². The first-order valence-electron chi connectivity index (χ1n) is 3.58. The molecule has 0 saturated carbocycles. The van der Waals surface area contributed by atoms with E-state index in [-0.39, 0.29) is 5.82 Å². The van der Waals surface area contributed by atoms with Crippen LogP contribution in [0.1, 0.15) is 12.7 Å². The summed E-state index contributed by atoms with van der Waals surface area (Å²) in [6.45, 7) is 2.26. The largest absolute Gasteiger partial charge is 0.349 e. The Balaban J connectivity index is 2.63. The first-order valence-corrected chi connectivity index (χ1v) is 5.49. The zero-order valence-electron chi connectivity index (χ0n) is 7.14. The summed E-state index contributed by atoms with van der Waals surface area (Å²) >= 11 is 17.9. The van der Waals surface area contributed by atoms with Gasteiger partial charge in [0.2, 0.25) is 5.13 Å². The van der Waals surface area contributed by atoms with Crippen LogP contribution in [0.15, 0.2) is 0 Å². The molecule has 3 nitrogen and oxygen atoms in total. The fourth-order valence-electron chi connectivity index (χ4n) is 0.619. The van der Waals surface area contributed by atoms with Gasteiger partial charge in [-0.3, -0.25) is 0 Å². The van der Waals surface area contributed by atoms with Crippen molar-refractivity contribution in [1.29, 1.82) is 0 Å². The Morgan fingerprint density at radius 2 is 2.21 bits per heavy atom. The minimum Gasteiger partial charge on any atom is -0.349 e. The lowest BCUT2D eigenvalue weighted by Crippen LogP contribution is -2.03. The SMILES string of the molecule is CC#CCNc1nc(C(Cl)(Cl)Cl)ns1. The third-order valence-corrected chi connectivity index (χ3v) is 2.36. The van der Waals surface area contributed by atoms with E-state index in [1.807, 2.05) is 0 Å². The molecule has 0 fully saturated rings. The molecule has 0 saturated heterocycles. The van der Waals surface area contributed by atoms with E-state index in [0.29, 0.717) is 11.7 Å². The van der Waals surface area contributed by atoms with Crippen molar-refractivity contribution >= 4 is 51.5 Å². The molecule has 0 aliphatic rings. The van der Waals surface area contributed by atoms with E-state index < -0.39 is 3.79 Å². The number of alkyl halides is 3. The zero-order valence-corrected chi connectivity index (χ0v) is 10.2. The topological polar surface area (TPSA) is 37.8 Å². The van der Waals surface area contributed by atoms with Crippen molar-refractivity contribution in [3.8, 4) is 11.8 Å². The van der Waals surface area contributed by atoms with Crippen LogP contribution in [-0.2, 0) is 3.79 Å². The second-order valence-electron chi connectivity index (χ2n) is 2.20. The van der Waals surface area contributed by atoms with Gasteiger partial charge in [-0.25, -0.2) is 0 Å². The average molecular weight is 271 g/mol. The van der Waals surface area contributed by atoms with Crippen molar-refractivity contribution in [1.82, 2.24) is 9.36 Å². The van der Waals surface area contributed by atoms with Gasteiger partial charge in [0.25, 0.3) is 3.79 Å². The maximum absolute atomic E-state index is 5.59. The van der Waals surface area contributed by atoms with E-state index in [2.05, 4.69) is 26.5 Å². The van der Waals surface area contributed by atoms with Crippen molar-refractivity contribution in [2.75, 3.05) is 11.9 Å². The number of aromatic nitrogens is 2. The lowest BCUT2D eigenvalue weighted by molar-refractivity contribution is 1.04. The van der Waals surface area contributed by atoms with Gasteiger partial charge in [-0.2, -0.15) is 9.36 Å². The number of nitrogens with one attached hydrogen (secondary N) is 1. The molecule has 0 aliphatic heterocycles. The zero-order chi connectivity index (χ0) is 10.6. The Morgan fingerprint density at radius 3 is 2.71 bits per heavy atom. The van der Waals surface area contributed by atoms with E-state index in [4.69, 9.17) is 34.8 Å². The Hall–Kier alpha value is -0.210. The molecule has 1 aromatic rings. The second-order valence-corrected chi connectivity index (χ2v) is 5.23. The van der Waals surface area contributed by atoms with Crippen molar-refractivity contribution < 1.29 is 0 Å².